The summed E-state index contributed by atoms with van der Waals surface area (Å²) in [5.74, 6) is 0. The van der Waals surface area contributed by atoms with E-state index in [1.165, 1.54) is 0 Å². The molecule has 0 atom stereocenters. The molecular weight excluding hydrogens is 188 g/mol. The minimum atomic E-state index is -0.0774. The van der Waals surface area contributed by atoms with Crippen molar-refractivity contribution in [3.8, 4) is 0 Å². The molecule has 15 heavy (non-hydrogen) atoms. The second-order valence-corrected chi connectivity index (χ2v) is 3.85. The number of aliphatic hydroxyl groups excluding tert-OH is 1. The minimum Gasteiger partial charge on any atom is -0.396 e. The Morgan fingerprint density at radius 1 is 1.13 bits per heavy atom. The first-order chi connectivity index (χ1) is 7.24. The average Bonchev–Trinajstić information content (AvgIpc) is 2.28. The van der Waals surface area contributed by atoms with E-state index >= 15 is 0 Å². The second kappa shape index (κ2) is 8.65. The molecule has 0 radical (unpaired) electrons. The molecule has 0 saturated heterocycles. The standard InChI is InChI=1S/C12H24N2O/c1-4-7-13-9-12(6-3,11-15)10-14-8-5-2/h4-5,13-15H,1-2,6-11H2,3H3. The summed E-state index contributed by atoms with van der Waals surface area (Å²) in [6.07, 6.45) is 4.60. The predicted molar refractivity (Wildman–Crippen MR) is 65.9 cm³/mol. The zero-order valence-corrected chi connectivity index (χ0v) is 9.76. The Kier molecular flexibility index (Phi) is 8.28. The van der Waals surface area contributed by atoms with Gasteiger partial charge in [-0.3, -0.25) is 0 Å². The van der Waals surface area contributed by atoms with Crippen LogP contribution in [-0.2, 0) is 0 Å². The van der Waals surface area contributed by atoms with Gasteiger partial charge in [0.1, 0.15) is 0 Å². The lowest BCUT2D eigenvalue weighted by Crippen LogP contribution is -2.44. The highest BCUT2D eigenvalue weighted by Crippen LogP contribution is 2.18. The van der Waals surface area contributed by atoms with Crippen molar-refractivity contribution in [2.45, 2.75) is 13.3 Å². The molecule has 0 amide bonds. The van der Waals surface area contributed by atoms with Crippen LogP contribution in [0.3, 0.4) is 0 Å². The SMILES string of the molecule is C=CCNCC(CC)(CO)CNCC=C. The number of aliphatic hydroxyl groups is 1. The normalized spacial score (nSPS) is 11.3. The van der Waals surface area contributed by atoms with Gasteiger partial charge in [0.2, 0.25) is 0 Å². The third-order valence-electron chi connectivity index (χ3n) is 2.66. The van der Waals surface area contributed by atoms with Crippen molar-refractivity contribution in [1.82, 2.24) is 10.6 Å². The molecule has 0 aliphatic heterocycles. The fourth-order valence-corrected chi connectivity index (χ4v) is 1.41. The zero-order chi connectivity index (χ0) is 11.6. The Bertz CT molecular complexity index is 160. The van der Waals surface area contributed by atoms with Crippen LogP contribution in [0.25, 0.3) is 0 Å². The summed E-state index contributed by atoms with van der Waals surface area (Å²) in [6.45, 7) is 12.8. The van der Waals surface area contributed by atoms with Crippen LogP contribution < -0.4 is 10.6 Å². The Hall–Kier alpha value is -0.640. The van der Waals surface area contributed by atoms with Gasteiger partial charge in [-0.2, -0.15) is 0 Å². The molecule has 0 aromatic heterocycles. The van der Waals surface area contributed by atoms with Crippen molar-refractivity contribution in [3.63, 3.8) is 0 Å². The first kappa shape index (κ1) is 14.4. The molecular formula is C12H24N2O. The average molecular weight is 212 g/mol. The van der Waals surface area contributed by atoms with Crippen molar-refractivity contribution in [3.05, 3.63) is 25.3 Å². The van der Waals surface area contributed by atoms with Crippen molar-refractivity contribution in [1.29, 1.82) is 0 Å². The van der Waals surface area contributed by atoms with Gasteiger partial charge in [-0.25, -0.2) is 0 Å². The van der Waals surface area contributed by atoms with Gasteiger partial charge in [-0.05, 0) is 6.42 Å². The molecule has 3 heteroatoms. The highest BCUT2D eigenvalue weighted by molar-refractivity contribution is 4.85. The smallest absolute Gasteiger partial charge is 0.0511 e. The van der Waals surface area contributed by atoms with Crippen LogP contribution in [-0.4, -0.2) is 37.9 Å². The van der Waals surface area contributed by atoms with E-state index in [-0.39, 0.29) is 12.0 Å². The highest BCUT2D eigenvalue weighted by Gasteiger charge is 2.26. The number of hydrogen-bond donors (Lipinski definition) is 3. The Labute approximate surface area is 93.3 Å². The Morgan fingerprint density at radius 3 is 1.87 bits per heavy atom. The molecule has 0 fully saturated rings. The molecule has 88 valence electrons. The summed E-state index contributed by atoms with van der Waals surface area (Å²) in [5.41, 5.74) is -0.0774. The lowest BCUT2D eigenvalue weighted by atomic mass is 9.85. The maximum atomic E-state index is 9.44. The van der Waals surface area contributed by atoms with Crippen LogP contribution in [0.1, 0.15) is 13.3 Å². The molecule has 3 N–H and O–H groups in total. The predicted octanol–water partition coefficient (Wildman–Crippen LogP) is 0.926. The largest absolute Gasteiger partial charge is 0.396 e. The molecule has 0 saturated carbocycles. The van der Waals surface area contributed by atoms with Crippen molar-refractivity contribution >= 4 is 0 Å². The molecule has 0 aliphatic rings. The molecule has 0 aromatic carbocycles. The van der Waals surface area contributed by atoms with Crippen molar-refractivity contribution < 1.29 is 5.11 Å². The van der Waals surface area contributed by atoms with E-state index < -0.39 is 0 Å². The summed E-state index contributed by atoms with van der Waals surface area (Å²) in [7, 11) is 0. The second-order valence-electron chi connectivity index (χ2n) is 3.85. The quantitative estimate of drug-likeness (QED) is 0.373. The van der Waals surface area contributed by atoms with Crippen molar-refractivity contribution in [2.24, 2.45) is 5.41 Å². The van der Waals surface area contributed by atoms with Crippen molar-refractivity contribution in [2.75, 3.05) is 32.8 Å². The molecule has 3 nitrogen and oxygen atoms in total. The first-order valence-corrected chi connectivity index (χ1v) is 5.48. The van der Waals surface area contributed by atoms with Crippen LogP contribution in [0.2, 0.25) is 0 Å². The third kappa shape index (κ3) is 5.72. The summed E-state index contributed by atoms with van der Waals surface area (Å²) in [4.78, 5) is 0. The molecule has 0 aromatic rings. The van der Waals surface area contributed by atoms with Gasteiger partial charge >= 0.3 is 0 Å². The summed E-state index contributed by atoms with van der Waals surface area (Å²) >= 11 is 0. The molecule has 0 spiro atoms. The zero-order valence-electron chi connectivity index (χ0n) is 9.76. The van der Waals surface area contributed by atoms with Crippen LogP contribution in [0, 0.1) is 5.41 Å². The van der Waals surface area contributed by atoms with Crippen LogP contribution >= 0.6 is 0 Å². The van der Waals surface area contributed by atoms with E-state index in [1.807, 2.05) is 12.2 Å². The third-order valence-corrected chi connectivity index (χ3v) is 2.66. The van der Waals surface area contributed by atoms with E-state index in [0.717, 1.165) is 32.6 Å². The lowest BCUT2D eigenvalue weighted by molar-refractivity contribution is 0.118. The molecule has 0 aliphatic carbocycles. The van der Waals surface area contributed by atoms with Gasteiger partial charge < -0.3 is 15.7 Å². The lowest BCUT2D eigenvalue weighted by Gasteiger charge is -2.31. The molecule has 0 bridgehead atoms. The highest BCUT2D eigenvalue weighted by atomic mass is 16.3. The van der Waals surface area contributed by atoms with Gasteiger partial charge in [0.15, 0.2) is 0 Å². The Balaban J connectivity index is 4.03. The topological polar surface area (TPSA) is 44.3 Å². The van der Waals surface area contributed by atoms with E-state index in [1.54, 1.807) is 0 Å². The summed E-state index contributed by atoms with van der Waals surface area (Å²) < 4.78 is 0. The maximum Gasteiger partial charge on any atom is 0.0511 e. The van der Waals surface area contributed by atoms with Crippen LogP contribution in [0.4, 0.5) is 0 Å². The Morgan fingerprint density at radius 2 is 1.60 bits per heavy atom. The van der Waals surface area contributed by atoms with Crippen LogP contribution in [0.15, 0.2) is 25.3 Å². The van der Waals surface area contributed by atoms with Gasteiger partial charge in [0.05, 0.1) is 6.61 Å². The summed E-state index contributed by atoms with van der Waals surface area (Å²) in [5, 5.41) is 16.0. The van der Waals surface area contributed by atoms with Gasteiger partial charge in [0.25, 0.3) is 0 Å². The van der Waals surface area contributed by atoms with Gasteiger partial charge in [-0.1, -0.05) is 19.1 Å². The van der Waals surface area contributed by atoms with Crippen LogP contribution in [0.5, 0.6) is 0 Å². The maximum absolute atomic E-state index is 9.44. The van der Waals surface area contributed by atoms with E-state index in [0.29, 0.717) is 0 Å². The molecule has 0 rings (SSSR count). The minimum absolute atomic E-state index is 0.0774. The first-order valence-electron chi connectivity index (χ1n) is 5.48. The monoisotopic (exact) mass is 212 g/mol. The number of hydrogen-bond acceptors (Lipinski definition) is 3. The van der Waals surface area contributed by atoms with E-state index in [4.69, 9.17) is 0 Å². The van der Waals surface area contributed by atoms with Gasteiger partial charge in [0, 0.05) is 31.6 Å². The summed E-state index contributed by atoms with van der Waals surface area (Å²) in [6, 6.07) is 0. The molecule has 0 heterocycles. The van der Waals surface area contributed by atoms with E-state index in [2.05, 4.69) is 30.7 Å². The number of nitrogens with one attached hydrogen (secondary N) is 2. The molecule has 0 unspecified atom stereocenters. The number of rotatable bonds is 10. The van der Waals surface area contributed by atoms with E-state index in [9.17, 15) is 5.11 Å². The fraction of sp³-hybridized carbons (Fsp3) is 0.667. The van der Waals surface area contributed by atoms with Gasteiger partial charge in [-0.15, -0.1) is 13.2 Å². The fourth-order valence-electron chi connectivity index (χ4n) is 1.41.